The lowest BCUT2D eigenvalue weighted by molar-refractivity contribution is -0.144. The first kappa shape index (κ1) is 27.0. The van der Waals surface area contributed by atoms with Gasteiger partial charge in [0.2, 0.25) is 0 Å². The number of rotatable bonds is 10. The highest BCUT2D eigenvalue weighted by Crippen LogP contribution is 2.40. The molecule has 1 saturated carbocycles. The van der Waals surface area contributed by atoms with Gasteiger partial charge in [-0.05, 0) is 111 Å². The summed E-state index contributed by atoms with van der Waals surface area (Å²) >= 11 is 0. The van der Waals surface area contributed by atoms with Gasteiger partial charge in [0, 0.05) is 5.56 Å². The number of nitrogens with zero attached hydrogens (tertiary/aromatic N) is 1. The van der Waals surface area contributed by atoms with E-state index in [-0.39, 0.29) is 0 Å². The first-order valence-electron chi connectivity index (χ1n) is 13.0. The minimum absolute atomic E-state index is 0.384. The van der Waals surface area contributed by atoms with Crippen LogP contribution in [0.2, 0.25) is 0 Å². The third-order valence-electron chi connectivity index (χ3n) is 6.43. The maximum Gasteiger partial charge on any atom is 0.344 e. The summed E-state index contributed by atoms with van der Waals surface area (Å²) in [5.74, 6) is 7.36. The highest BCUT2D eigenvalue weighted by molar-refractivity contribution is 5.80. The van der Waals surface area contributed by atoms with Crippen molar-refractivity contribution in [2.24, 2.45) is 0 Å². The van der Waals surface area contributed by atoms with E-state index < -0.39 is 12.1 Å². The van der Waals surface area contributed by atoms with E-state index in [0.29, 0.717) is 24.0 Å². The van der Waals surface area contributed by atoms with Crippen molar-refractivity contribution in [2.45, 2.75) is 38.7 Å². The second-order valence-corrected chi connectivity index (χ2v) is 9.97. The number of carbonyl (C=O) groups is 1. The van der Waals surface area contributed by atoms with Gasteiger partial charge >= 0.3 is 5.97 Å². The molecule has 196 valence electrons. The van der Waals surface area contributed by atoms with E-state index >= 15 is 0 Å². The van der Waals surface area contributed by atoms with Crippen LogP contribution >= 0.6 is 0 Å². The predicted octanol–water partition coefficient (Wildman–Crippen LogP) is 6.15. The van der Waals surface area contributed by atoms with Crippen molar-refractivity contribution in [2.75, 3.05) is 27.2 Å². The second-order valence-electron chi connectivity index (χ2n) is 9.97. The molecule has 0 bridgehead atoms. The van der Waals surface area contributed by atoms with Crippen LogP contribution in [0, 0.1) is 18.8 Å². The normalized spacial score (nSPS) is 14.0. The number of ether oxygens (including phenoxy) is 2. The molecule has 4 rings (SSSR count). The van der Waals surface area contributed by atoms with E-state index in [1.807, 2.05) is 32.0 Å². The summed E-state index contributed by atoms with van der Waals surface area (Å²) in [7, 11) is 4.02. The van der Waals surface area contributed by atoms with Crippen molar-refractivity contribution in [1.82, 2.24) is 4.90 Å². The molecule has 0 heterocycles. The Morgan fingerprint density at radius 3 is 2.29 bits per heavy atom. The van der Waals surface area contributed by atoms with Gasteiger partial charge in [0.05, 0.1) is 6.54 Å². The monoisotopic (exact) mass is 509 g/mol. The number of aliphatic carboxylic acids is 1. The van der Waals surface area contributed by atoms with Crippen LogP contribution in [0.1, 0.15) is 53.5 Å². The molecule has 1 N–H and O–H groups in total. The average molecular weight is 510 g/mol. The Morgan fingerprint density at radius 1 is 1.05 bits per heavy atom. The molecule has 1 fully saturated rings. The van der Waals surface area contributed by atoms with Gasteiger partial charge in [0.25, 0.3) is 0 Å². The minimum Gasteiger partial charge on any atom is -0.489 e. The molecule has 0 amide bonds. The number of hydrogen-bond acceptors (Lipinski definition) is 4. The molecular formula is C33H35NO4. The molecule has 1 atom stereocenters. The van der Waals surface area contributed by atoms with Gasteiger partial charge in [-0.1, -0.05) is 48.2 Å². The van der Waals surface area contributed by atoms with Crippen LogP contribution in [0.5, 0.6) is 11.5 Å². The van der Waals surface area contributed by atoms with Gasteiger partial charge in [-0.3, -0.25) is 4.90 Å². The molecular weight excluding hydrogens is 474 g/mol. The van der Waals surface area contributed by atoms with Crippen molar-refractivity contribution < 1.29 is 19.4 Å². The molecule has 0 spiro atoms. The first-order valence-corrected chi connectivity index (χ1v) is 13.0. The molecule has 0 aliphatic heterocycles. The summed E-state index contributed by atoms with van der Waals surface area (Å²) in [6.45, 7) is 4.50. The second kappa shape index (κ2) is 12.5. The lowest BCUT2D eigenvalue weighted by Crippen LogP contribution is -2.23. The van der Waals surface area contributed by atoms with Gasteiger partial charge in [-0.15, -0.1) is 0 Å². The molecule has 5 heteroatoms. The van der Waals surface area contributed by atoms with E-state index in [4.69, 9.17) is 14.6 Å². The number of aryl methyl sites for hydroxylation is 1. The van der Waals surface area contributed by atoms with E-state index in [0.717, 1.165) is 34.4 Å². The average Bonchev–Trinajstić information content (AvgIpc) is 3.74. The highest BCUT2D eigenvalue weighted by Gasteiger charge is 2.23. The molecule has 3 aromatic rings. The molecule has 1 aliphatic carbocycles. The van der Waals surface area contributed by atoms with Crippen LogP contribution in [0.3, 0.4) is 0 Å². The summed E-state index contributed by atoms with van der Waals surface area (Å²) < 4.78 is 11.6. The van der Waals surface area contributed by atoms with Gasteiger partial charge in [0.15, 0.2) is 6.10 Å². The van der Waals surface area contributed by atoms with E-state index in [2.05, 4.69) is 66.4 Å². The Labute approximate surface area is 225 Å². The Hall–Kier alpha value is -4.01. The Kier molecular flexibility index (Phi) is 8.89. The van der Waals surface area contributed by atoms with Gasteiger partial charge in [-0.25, -0.2) is 4.79 Å². The number of benzene rings is 3. The largest absolute Gasteiger partial charge is 0.489 e. The van der Waals surface area contributed by atoms with Gasteiger partial charge in [0.1, 0.15) is 18.1 Å². The summed E-state index contributed by atoms with van der Waals surface area (Å²) in [5, 5.41) is 9.10. The van der Waals surface area contributed by atoms with E-state index in [1.54, 1.807) is 12.1 Å². The predicted molar refractivity (Wildman–Crippen MR) is 152 cm³/mol. The lowest BCUT2D eigenvalue weighted by atomic mass is 9.95. The first-order chi connectivity index (χ1) is 18.3. The Morgan fingerprint density at radius 2 is 1.71 bits per heavy atom. The maximum absolute atomic E-state index is 11.1. The van der Waals surface area contributed by atoms with Crippen molar-refractivity contribution >= 4 is 11.5 Å². The number of carboxylic acids is 1. The molecule has 0 aromatic heterocycles. The SMILES string of the molecule is Cc1cc(OCC=C(c2ccc(C#CCN(C)C)cc2)c2ccc(C3CC3)cc2)ccc1OC(C)C(=O)O. The quantitative estimate of drug-likeness (QED) is 0.332. The Bertz CT molecular complexity index is 1340. The summed E-state index contributed by atoms with van der Waals surface area (Å²) in [5.41, 5.74) is 6.57. The number of hydrogen-bond donors (Lipinski definition) is 1. The fourth-order valence-electron chi connectivity index (χ4n) is 4.09. The third kappa shape index (κ3) is 7.50. The Balaban J connectivity index is 1.52. The topological polar surface area (TPSA) is 59.0 Å². The van der Waals surface area contributed by atoms with Crippen LogP contribution in [-0.4, -0.2) is 49.3 Å². The minimum atomic E-state index is -0.999. The lowest BCUT2D eigenvalue weighted by Gasteiger charge is -2.14. The van der Waals surface area contributed by atoms with Crippen LogP contribution in [0.25, 0.3) is 5.57 Å². The highest BCUT2D eigenvalue weighted by atomic mass is 16.5. The van der Waals surface area contributed by atoms with Crippen LogP contribution < -0.4 is 9.47 Å². The smallest absolute Gasteiger partial charge is 0.344 e. The molecule has 5 nitrogen and oxygen atoms in total. The van der Waals surface area contributed by atoms with Crippen LogP contribution in [0.15, 0.2) is 72.8 Å². The van der Waals surface area contributed by atoms with Crippen molar-refractivity contribution in [3.05, 3.63) is 101 Å². The zero-order valence-corrected chi connectivity index (χ0v) is 22.5. The van der Waals surface area contributed by atoms with Crippen LogP contribution in [0.4, 0.5) is 0 Å². The molecule has 38 heavy (non-hydrogen) atoms. The number of carboxylic acid groups (broad SMARTS) is 1. The summed E-state index contributed by atoms with van der Waals surface area (Å²) in [4.78, 5) is 13.1. The molecule has 1 aliphatic rings. The molecule has 3 aromatic carbocycles. The zero-order chi connectivity index (χ0) is 27.1. The van der Waals surface area contributed by atoms with Gasteiger partial charge in [-0.2, -0.15) is 0 Å². The zero-order valence-electron chi connectivity index (χ0n) is 22.5. The van der Waals surface area contributed by atoms with E-state index in [1.165, 1.54) is 25.3 Å². The maximum atomic E-state index is 11.1. The standard InChI is InChI=1S/C33H35NO4/c1-23-22-30(17-18-32(23)38-24(2)33(35)36)37-21-19-31(29-15-13-27(14-16-29)26-11-12-26)28-9-7-25(8-10-28)6-5-20-34(3)4/h7-10,13-19,22,24,26H,11-12,20-21H2,1-4H3,(H,35,36). The summed E-state index contributed by atoms with van der Waals surface area (Å²) in [6, 6.07) is 22.6. The molecule has 0 saturated heterocycles. The van der Waals surface area contributed by atoms with Crippen molar-refractivity contribution in [3.63, 3.8) is 0 Å². The van der Waals surface area contributed by atoms with E-state index in [9.17, 15) is 4.79 Å². The third-order valence-corrected chi connectivity index (χ3v) is 6.43. The van der Waals surface area contributed by atoms with Crippen molar-refractivity contribution in [3.8, 4) is 23.3 Å². The van der Waals surface area contributed by atoms with Crippen LogP contribution in [-0.2, 0) is 4.79 Å². The van der Waals surface area contributed by atoms with Gasteiger partial charge < -0.3 is 14.6 Å². The molecule has 0 radical (unpaired) electrons. The molecule has 1 unspecified atom stereocenters. The fourth-order valence-corrected chi connectivity index (χ4v) is 4.09. The van der Waals surface area contributed by atoms with Crippen molar-refractivity contribution in [1.29, 1.82) is 0 Å². The summed E-state index contributed by atoms with van der Waals surface area (Å²) in [6.07, 6.45) is 3.75. The fraction of sp³-hybridized carbons (Fsp3) is 0.303.